The van der Waals surface area contributed by atoms with Crippen molar-refractivity contribution in [2.75, 3.05) is 13.2 Å². The maximum absolute atomic E-state index is 9.75. The normalized spacial score (nSPS) is 16.0. The van der Waals surface area contributed by atoms with Crippen molar-refractivity contribution in [3.63, 3.8) is 0 Å². The molecule has 0 aromatic heterocycles. The first-order valence-corrected chi connectivity index (χ1v) is 7.12. The van der Waals surface area contributed by atoms with Crippen LogP contribution in [0, 0.1) is 0 Å². The summed E-state index contributed by atoms with van der Waals surface area (Å²) < 4.78 is 47.0. The molecule has 122 valence electrons. The number of para-hydroxylation sites is 1. The van der Waals surface area contributed by atoms with Gasteiger partial charge in [-0.3, -0.25) is 0 Å². The number of fused-ring (bicyclic) bond motifs is 1. The fourth-order valence-electron chi connectivity index (χ4n) is 2.57. The molecular weight excluding hydrogens is 297 g/mol. The van der Waals surface area contributed by atoms with Crippen molar-refractivity contribution in [2.45, 2.75) is 27.7 Å². The smallest absolute Gasteiger partial charge is 0.498 e. The van der Waals surface area contributed by atoms with Crippen LogP contribution in [0.25, 0.3) is 5.57 Å². The lowest BCUT2D eigenvalue weighted by Crippen LogP contribution is -2.09. The molecule has 7 heteroatoms. The quantitative estimate of drug-likeness (QED) is 0.334. The predicted molar refractivity (Wildman–Crippen MR) is 82.0 cm³/mol. The van der Waals surface area contributed by atoms with E-state index in [9.17, 15) is 17.3 Å². The van der Waals surface area contributed by atoms with Gasteiger partial charge >= 0.3 is 7.25 Å². The minimum atomic E-state index is -6.00. The summed E-state index contributed by atoms with van der Waals surface area (Å²) in [6.45, 7) is 10.1. The lowest BCUT2D eigenvalue weighted by atomic mass is 10.0. The number of hydrogen-bond donors (Lipinski definition) is 0. The average molecular weight is 317 g/mol. The van der Waals surface area contributed by atoms with Gasteiger partial charge in [0.2, 0.25) is 5.69 Å². The maximum atomic E-state index is 9.75. The fraction of sp³-hybridized carbons (Fsp3) is 0.400. The molecule has 2 rings (SSSR count). The van der Waals surface area contributed by atoms with Crippen LogP contribution < -0.4 is 0 Å². The Labute approximate surface area is 128 Å². The van der Waals surface area contributed by atoms with E-state index in [-0.39, 0.29) is 0 Å². The van der Waals surface area contributed by atoms with Crippen molar-refractivity contribution in [2.24, 2.45) is 0 Å². The molecule has 0 radical (unpaired) electrons. The number of ether oxygens (including phenoxy) is 1. The van der Waals surface area contributed by atoms with E-state index >= 15 is 0 Å². The van der Waals surface area contributed by atoms with Crippen molar-refractivity contribution >= 4 is 24.2 Å². The Balaban J connectivity index is 0.000000422. The molecule has 0 fully saturated rings. The van der Waals surface area contributed by atoms with Gasteiger partial charge in [0, 0.05) is 13.0 Å². The van der Waals surface area contributed by atoms with Crippen molar-refractivity contribution in [1.82, 2.24) is 0 Å². The number of benzene rings is 1. The molecule has 0 atom stereocenters. The topological polar surface area (TPSA) is 12.2 Å². The standard InChI is InChI=1S/C15H20NO.BF4/c1-5-16-11(3)15(12(4)17-6-2)13-9-7-8-10-14(13)16;2-1(3,4)5/h7-10H,5-6H2,1-4H3;/q+1;-1/b15-12-;. The first-order chi connectivity index (χ1) is 10.2. The molecular formula is C15H20BF4NO. The van der Waals surface area contributed by atoms with Crippen LogP contribution in [0.2, 0.25) is 0 Å². The number of hydrogen-bond acceptors (Lipinski definition) is 1. The largest absolute Gasteiger partial charge is 0.673 e. The Bertz CT molecular complexity index is 587. The number of nitrogens with zero attached hydrogens (tertiary/aromatic N) is 1. The van der Waals surface area contributed by atoms with E-state index < -0.39 is 7.25 Å². The van der Waals surface area contributed by atoms with Crippen LogP contribution >= 0.6 is 0 Å². The lowest BCUT2D eigenvalue weighted by molar-refractivity contribution is -0.432. The van der Waals surface area contributed by atoms with E-state index in [0.29, 0.717) is 0 Å². The van der Waals surface area contributed by atoms with Crippen molar-refractivity contribution in [1.29, 1.82) is 0 Å². The summed E-state index contributed by atoms with van der Waals surface area (Å²) in [6, 6.07) is 8.53. The zero-order chi connectivity index (χ0) is 16.9. The molecule has 22 heavy (non-hydrogen) atoms. The summed E-state index contributed by atoms with van der Waals surface area (Å²) in [4.78, 5) is 0. The first kappa shape index (κ1) is 18.3. The highest BCUT2D eigenvalue weighted by Crippen LogP contribution is 2.35. The van der Waals surface area contributed by atoms with E-state index in [2.05, 4.69) is 49.6 Å². The Morgan fingerprint density at radius 1 is 1.14 bits per heavy atom. The SMILES string of the molecule is CCO/C(C)=C1/C(C)=[N+](CC)c2ccccc21.F[B-](F)(F)F. The molecule has 0 bridgehead atoms. The molecule has 0 aliphatic carbocycles. The van der Waals surface area contributed by atoms with E-state index in [4.69, 9.17) is 4.74 Å². The molecule has 0 saturated carbocycles. The van der Waals surface area contributed by atoms with Crippen LogP contribution in [-0.4, -0.2) is 30.7 Å². The minimum Gasteiger partial charge on any atom is -0.498 e. The highest BCUT2D eigenvalue weighted by atomic mass is 19.5. The number of allylic oxidation sites excluding steroid dienone is 2. The van der Waals surface area contributed by atoms with E-state index in [1.54, 1.807) is 0 Å². The van der Waals surface area contributed by atoms with Crippen LogP contribution in [0.3, 0.4) is 0 Å². The van der Waals surface area contributed by atoms with Gasteiger partial charge in [-0.15, -0.1) is 0 Å². The van der Waals surface area contributed by atoms with Gasteiger partial charge in [0.05, 0.1) is 17.7 Å². The van der Waals surface area contributed by atoms with Gasteiger partial charge in [-0.2, -0.15) is 4.58 Å². The molecule has 0 amide bonds. The van der Waals surface area contributed by atoms with Gasteiger partial charge < -0.3 is 22.0 Å². The van der Waals surface area contributed by atoms with E-state index in [1.165, 1.54) is 22.5 Å². The van der Waals surface area contributed by atoms with Gasteiger partial charge in [-0.1, -0.05) is 12.1 Å². The van der Waals surface area contributed by atoms with Crippen molar-refractivity contribution in [3.05, 3.63) is 35.6 Å². The monoisotopic (exact) mass is 317 g/mol. The lowest BCUT2D eigenvalue weighted by Gasteiger charge is -2.05. The van der Waals surface area contributed by atoms with Crippen molar-refractivity contribution in [3.8, 4) is 0 Å². The van der Waals surface area contributed by atoms with Crippen LogP contribution in [-0.2, 0) is 4.74 Å². The second kappa shape index (κ2) is 7.47. The zero-order valence-corrected chi connectivity index (χ0v) is 13.2. The van der Waals surface area contributed by atoms with Crippen LogP contribution in [0.4, 0.5) is 23.0 Å². The van der Waals surface area contributed by atoms with Crippen LogP contribution in [0.15, 0.2) is 30.0 Å². The summed E-state index contributed by atoms with van der Waals surface area (Å²) in [5.74, 6) is 1.02. The van der Waals surface area contributed by atoms with Gasteiger partial charge in [-0.05, 0) is 26.8 Å². The molecule has 1 aromatic rings. The van der Waals surface area contributed by atoms with Crippen LogP contribution in [0.1, 0.15) is 33.3 Å². The third-order valence-electron chi connectivity index (χ3n) is 3.26. The summed E-state index contributed by atoms with van der Waals surface area (Å²) >= 11 is 0. The van der Waals surface area contributed by atoms with Gasteiger partial charge in [-0.25, -0.2) is 0 Å². The molecule has 0 saturated heterocycles. The molecule has 1 heterocycles. The molecule has 0 spiro atoms. The Kier molecular flexibility index (Phi) is 6.20. The summed E-state index contributed by atoms with van der Waals surface area (Å²) in [5, 5.41) is 0. The molecule has 2 nitrogen and oxygen atoms in total. The second-order valence-electron chi connectivity index (χ2n) is 4.71. The fourth-order valence-corrected chi connectivity index (χ4v) is 2.57. The second-order valence-corrected chi connectivity index (χ2v) is 4.71. The molecule has 1 aromatic carbocycles. The maximum Gasteiger partial charge on any atom is 0.673 e. The zero-order valence-electron chi connectivity index (χ0n) is 13.2. The number of halogens is 4. The van der Waals surface area contributed by atoms with Crippen LogP contribution in [0.5, 0.6) is 0 Å². The third-order valence-corrected chi connectivity index (χ3v) is 3.26. The summed E-state index contributed by atoms with van der Waals surface area (Å²) in [7, 11) is -6.00. The first-order valence-electron chi connectivity index (χ1n) is 7.12. The van der Waals surface area contributed by atoms with E-state index in [1.807, 2.05) is 6.92 Å². The Hall–Kier alpha value is -1.79. The molecule has 1 aliphatic rings. The summed E-state index contributed by atoms with van der Waals surface area (Å²) in [5.41, 5.74) is 5.13. The van der Waals surface area contributed by atoms with Gasteiger partial charge in [0.25, 0.3) is 0 Å². The van der Waals surface area contributed by atoms with Crippen molar-refractivity contribution < 1.29 is 26.6 Å². The summed E-state index contributed by atoms with van der Waals surface area (Å²) in [6.07, 6.45) is 0. The van der Waals surface area contributed by atoms with Gasteiger partial charge in [0.1, 0.15) is 12.3 Å². The molecule has 0 unspecified atom stereocenters. The Morgan fingerprint density at radius 3 is 2.18 bits per heavy atom. The predicted octanol–water partition coefficient (Wildman–Crippen LogP) is 4.89. The average Bonchev–Trinajstić information content (AvgIpc) is 2.68. The third kappa shape index (κ3) is 4.61. The molecule has 1 aliphatic heterocycles. The highest BCUT2D eigenvalue weighted by Gasteiger charge is 2.32. The Morgan fingerprint density at radius 2 is 1.68 bits per heavy atom. The minimum absolute atomic E-state index is 0.719. The van der Waals surface area contributed by atoms with E-state index in [0.717, 1.165) is 18.9 Å². The highest BCUT2D eigenvalue weighted by molar-refractivity contribution is 6.50. The van der Waals surface area contributed by atoms with Gasteiger partial charge in [0.15, 0.2) is 5.71 Å². The molecule has 0 N–H and O–H groups in total. The number of rotatable bonds is 3.